The second-order valence-electron chi connectivity index (χ2n) is 3.39. The first-order valence-electron chi connectivity index (χ1n) is 4.31. The van der Waals surface area contributed by atoms with Gasteiger partial charge >= 0.3 is 0 Å². The number of rotatable bonds is 2. The molecular formula is C10H12FNO. The predicted octanol–water partition coefficient (Wildman–Crippen LogP) is 1.65. The van der Waals surface area contributed by atoms with Gasteiger partial charge in [-0.2, -0.15) is 0 Å². The van der Waals surface area contributed by atoms with E-state index in [4.69, 9.17) is 10.5 Å². The largest absolute Gasteiger partial charge is 0.496 e. The van der Waals surface area contributed by atoms with E-state index in [1.54, 1.807) is 13.2 Å². The lowest BCUT2D eigenvalue weighted by Crippen LogP contribution is -2.02. The van der Waals surface area contributed by atoms with Crippen LogP contribution >= 0.6 is 0 Å². The lowest BCUT2D eigenvalue weighted by atomic mass is 10.1. The maximum absolute atomic E-state index is 12.9. The second kappa shape index (κ2) is 3.00. The highest BCUT2D eigenvalue weighted by Crippen LogP contribution is 2.43. The Morgan fingerprint density at radius 1 is 1.54 bits per heavy atom. The Morgan fingerprint density at radius 2 is 2.23 bits per heavy atom. The third-order valence-electron chi connectivity index (χ3n) is 2.43. The van der Waals surface area contributed by atoms with Crippen molar-refractivity contribution in [1.82, 2.24) is 0 Å². The topological polar surface area (TPSA) is 35.2 Å². The van der Waals surface area contributed by atoms with E-state index in [1.165, 1.54) is 12.1 Å². The number of benzene rings is 1. The summed E-state index contributed by atoms with van der Waals surface area (Å²) in [6.45, 7) is 0. The molecule has 2 rings (SSSR count). The highest BCUT2D eigenvalue weighted by Gasteiger charge is 2.37. The molecule has 0 aliphatic heterocycles. The van der Waals surface area contributed by atoms with Crippen molar-refractivity contribution >= 4 is 0 Å². The van der Waals surface area contributed by atoms with Gasteiger partial charge in [0.1, 0.15) is 11.6 Å². The molecule has 1 aromatic carbocycles. The second-order valence-corrected chi connectivity index (χ2v) is 3.39. The lowest BCUT2D eigenvalue weighted by Gasteiger charge is -2.06. The first-order valence-corrected chi connectivity index (χ1v) is 4.31. The first-order chi connectivity index (χ1) is 6.22. The molecule has 0 spiro atoms. The molecule has 0 heterocycles. The number of ether oxygens (including phenoxy) is 1. The number of methoxy groups -OCH3 is 1. The van der Waals surface area contributed by atoms with Crippen LogP contribution < -0.4 is 10.5 Å². The fourth-order valence-corrected chi connectivity index (χ4v) is 1.57. The molecule has 1 saturated carbocycles. The van der Waals surface area contributed by atoms with Crippen LogP contribution in [-0.2, 0) is 0 Å². The Bertz CT molecular complexity index is 327. The standard InChI is InChI=1S/C10H12FNO/c1-13-10-3-2-6(11)4-8(10)7-5-9(7)12/h2-4,7,9H,5,12H2,1H3/t7-,9+/m0/s1. The zero-order chi connectivity index (χ0) is 9.42. The van der Waals surface area contributed by atoms with E-state index in [0.717, 1.165) is 17.7 Å². The van der Waals surface area contributed by atoms with Gasteiger partial charge in [0, 0.05) is 17.5 Å². The van der Waals surface area contributed by atoms with Gasteiger partial charge in [-0.25, -0.2) is 4.39 Å². The molecule has 70 valence electrons. The Balaban J connectivity index is 2.35. The number of hydrogen-bond acceptors (Lipinski definition) is 2. The van der Waals surface area contributed by atoms with Crippen molar-refractivity contribution in [2.24, 2.45) is 5.73 Å². The average molecular weight is 181 g/mol. The third-order valence-corrected chi connectivity index (χ3v) is 2.43. The van der Waals surface area contributed by atoms with Gasteiger partial charge in [-0.3, -0.25) is 0 Å². The fourth-order valence-electron chi connectivity index (χ4n) is 1.57. The smallest absolute Gasteiger partial charge is 0.123 e. The predicted molar refractivity (Wildman–Crippen MR) is 48.3 cm³/mol. The van der Waals surface area contributed by atoms with Crippen LogP contribution in [0.15, 0.2) is 18.2 Å². The van der Waals surface area contributed by atoms with Crippen molar-refractivity contribution in [3.8, 4) is 5.75 Å². The van der Waals surface area contributed by atoms with Gasteiger partial charge in [0.25, 0.3) is 0 Å². The molecule has 0 saturated heterocycles. The molecule has 0 amide bonds. The highest BCUT2D eigenvalue weighted by molar-refractivity contribution is 5.40. The summed E-state index contributed by atoms with van der Waals surface area (Å²) in [5.74, 6) is 0.792. The van der Waals surface area contributed by atoms with Gasteiger partial charge in [0.2, 0.25) is 0 Å². The molecule has 13 heavy (non-hydrogen) atoms. The zero-order valence-corrected chi connectivity index (χ0v) is 7.46. The minimum atomic E-state index is -0.227. The Labute approximate surface area is 76.5 Å². The molecule has 2 atom stereocenters. The van der Waals surface area contributed by atoms with Crippen molar-refractivity contribution < 1.29 is 9.13 Å². The van der Waals surface area contributed by atoms with Gasteiger partial charge in [0.15, 0.2) is 0 Å². The first kappa shape index (κ1) is 8.51. The quantitative estimate of drug-likeness (QED) is 0.752. The minimum absolute atomic E-state index is 0.177. The molecule has 3 heteroatoms. The molecule has 0 bridgehead atoms. The average Bonchev–Trinajstić information content (AvgIpc) is 2.82. The Kier molecular flexibility index (Phi) is 1.96. The maximum atomic E-state index is 12.9. The number of hydrogen-bond donors (Lipinski definition) is 1. The van der Waals surface area contributed by atoms with E-state index in [2.05, 4.69) is 0 Å². The monoisotopic (exact) mass is 181 g/mol. The molecule has 1 fully saturated rings. The summed E-state index contributed by atoms with van der Waals surface area (Å²) in [4.78, 5) is 0. The van der Waals surface area contributed by atoms with Crippen LogP contribution in [0.25, 0.3) is 0 Å². The van der Waals surface area contributed by atoms with Crippen LogP contribution in [-0.4, -0.2) is 13.2 Å². The van der Waals surface area contributed by atoms with Crippen molar-refractivity contribution in [1.29, 1.82) is 0 Å². The molecule has 0 radical (unpaired) electrons. The van der Waals surface area contributed by atoms with Gasteiger partial charge < -0.3 is 10.5 Å². The summed E-state index contributed by atoms with van der Waals surface area (Å²) >= 11 is 0. The summed E-state index contributed by atoms with van der Waals surface area (Å²) < 4.78 is 18.0. The van der Waals surface area contributed by atoms with Crippen molar-refractivity contribution in [3.05, 3.63) is 29.6 Å². The minimum Gasteiger partial charge on any atom is -0.496 e. The molecule has 0 unspecified atom stereocenters. The summed E-state index contributed by atoms with van der Waals surface area (Å²) in [5.41, 5.74) is 6.59. The molecule has 1 aliphatic rings. The normalized spacial score (nSPS) is 25.8. The summed E-state index contributed by atoms with van der Waals surface area (Å²) in [6.07, 6.45) is 0.930. The maximum Gasteiger partial charge on any atom is 0.123 e. The molecule has 2 N–H and O–H groups in total. The van der Waals surface area contributed by atoms with E-state index in [9.17, 15) is 4.39 Å². The van der Waals surface area contributed by atoms with Crippen molar-refractivity contribution in [2.75, 3.05) is 7.11 Å². The Hall–Kier alpha value is -1.09. The van der Waals surface area contributed by atoms with Crippen LogP contribution in [0.3, 0.4) is 0 Å². The van der Waals surface area contributed by atoms with E-state index in [1.807, 2.05) is 0 Å². The molecular weight excluding hydrogens is 169 g/mol. The van der Waals surface area contributed by atoms with E-state index < -0.39 is 0 Å². The van der Waals surface area contributed by atoms with Crippen LogP contribution in [0.5, 0.6) is 5.75 Å². The third kappa shape index (κ3) is 1.52. The van der Waals surface area contributed by atoms with Crippen LogP contribution in [0.4, 0.5) is 4.39 Å². The molecule has 0 aromatic heterocycles. The number of halogens is 1. The summed E-state index contributed by atoms with van der Waals surface area (Å²) in [7, 11) is 1.59. The van der Waals surface area contributed by atoms with E-state index in [-0.39, 0.29) is 17.8 Å². The van der Waals surface area contributed by atoms with Crippen molar-refractivity contribution in [3.63, 3.8) is 0 Å². The van der Waals surface area contributed by atoms with Crippen LogP contribution in [0, 0.1) is 5.82 Å². The fraction of sp³-hybridized carbons (Fsp3) is 0.400. The summed E-state index contributed by atoms with van der Waals surface area (Å²) in [6, 6.07) is 4.73. The SMILES string of the molecule is COc1ccc(F)cc1[C@@H]1C[C@H]1N. The van der Waals surface area contributed by atoms with E-state index in [0.29, 0.717) is 0 Å². The lowest BCUT2D eigenvalue weighted by molar-refractivity contribution is 0.408. The molecule has 1 aliphatic carbocycles. The van der Waals surface area contributed by atoms with Gasteiger partial charge in [0.05, 0.1) is 7.11 Å². The Morgan fingerprint density at radius 3 is 2.77 bits per heavy atom. The highest BCUT2D eigenvalue weighted by atomic mass is 19.1. The van der Waals surface area contributed by atoms with E-state index >= 15 is 0 Å². The van der Waals surface area contributed by atoms with Gasteiger partial charge in [-0.15, -0.1) is 0 Å². The van der Waals surface area contributed by atoms with Crippen molar-refractivity contribution in [2.45, 2.75) is 18.4 Å². The summed E-state index contributed by atoms with van der Waals surface area (Å²) in [5, 5.41) is 0. The van der Waals surface area contributed by atoms with Crippen LogP contribution in [0.2, 0.25) is 0 Å². The molecule has 1 aromatic rings. The van der Waals surface area contributed by atoms with Crippen LogP contribution in [0.1, 0.15) is 17.9 Å². The number of nitrogens with two attached hydrogens (primary N) is 1. The van der Waals surface area contributed by atoms with Gasteiger partial charge in [-0.1, -0.05) is 0 Å². The molecule has 2 nitrogen and oxygen atoms in total. The zero-order valence-electron chi connectivity index (χ0n) is 7.46. The van der Waals surface area contributed by atoms with Gasteiger partial charge in [-0.05, 0) is 24.6 Å².